The van der Waals surface area contributed by atoms with Crippen molar-refractivity contribution in [2.75, 3.05) is 13.1 Å². The largest absolute Gasteiger partial charge is 0.508 e. The van der Waals surface area contributed by atoms with Gasteiger partial charge < -0.3 is 15.7 Å². The summed E-state index contributed by atoms with van der Waals surface area (Å²) in [4.78, 5) is 11.5. The fourth-order valence-corrected chi connectivity index (χ4v) is 1.42. The molecule has 0 atom stereocenters. The lowest BCUT2D eigenvalue weighted by Gasteiger charge is -2.19. The number of hydrogen-bond acceptors (Lipinski definition) is 3. The lowest BCUT2D eigenvalue weighted by atomic mass is 10.1. The van der Waals surface area contributed by atoms with Crippen LogP contribution in [0.3, 0.4) is 0 Å². The quantitative estimate of drug-likeness (QED) is 0.741. The molecule has 100 valence electrons. The van der Waals surface area contributed by atoms with Crippen molar-refractivity contribution >= 4 is 5.91 Å². The van der Waals surface area contributed by atoms with E-state index in [1.807, 2.05) is 32.9 Å². The molecule has 0 aromatic heterocycles. The predicted octanol–water partition coefficient (Wildman–Crippen LogP) is 1.44. The lowest BCUT2D eigenvalue weighted by molar-refractivity contribution is -0.120. The van der Waals surface area contributed by atoms with Crippen molar-refractivity contribution in [3.05, 3.63) is 29.8 Å². The molecule has 0 aliphatic heterocycles. The third-order valence-electron chi connectivity index (χ3n) is 2.45. The molecule has 1 aromatic carbocycles. The Morgan fingerprint density at radius 2 is 1.83 bits per heavy atom. The minimum atomic E-state index is -0.0473. The molecule has 4 heteroatoms. The Morgan fingerprint density at radius 3 is 2.39 bits per heavy atom. The summed E-state index contributed by atoms with van der Waals surface area (Å²) in [6, 6.07) is 7.01. The minimum absolute atomic E-state index is 0.00343. The zero-order valence-electron chi connectivity index (χ0n) is 11.3. The van der Waals surface area contributed by atoms with E-state index in [1.54, 1.807) is 12.1 Å². The Kier molecular flexibility index (Phi) is 5.16. The zero-order valence-corrected chi connectivity index (χ0v) is 11.3. The average molecular weight is 250 g/mol. The van der Waals surface area contributed by atoms with Gasteiger partial charge in [-0.25, -0.2) is 0 Å². The third kappa shape index (κ3) is 6.25. The van der Waals surface area contributed by atoms with Crippen LogP contribution in [0, 0.1) is 0 Å². The highest BCUT2D eigenvalue weighted by atomic mass is 16.3. The van der Waals surface area contributed by atoms with E-state index in [9.17, 15) is 4.79 Å². The number of carbonyl (C=O) groups is 1. The van der Waals surface area contributed by atoms with E-state index in [-0.39, 0.29) is 17.2 Å². The maximum Gasteiger partial charge on any atom is 0.233 e. The van der Waals surface area contributed by atoms with Crippen molar-refractivity contribution in [2.45, 2.75) is 32.7 Å². The molecule has 0 heterocycles. The summed E-state index contributed by atoms with van der Waals surface area (Å²) in [5.41, 5.74) is 1.05. The first-order valence-electron chi connectivity index (χ1n) is 6.16. The molecule has 0 saturated carbocycles. The van der Waals surface area contributed by atoms with E-state index in [1.165, 1.54) is 0 Å². The molecule has 18 heavy (non-hydrogen) atoms. The summed E-state index contributed by atoms with van der Waals surface area (Å²) < 4.78 is 0. The molecule has 0 aliphatic rings. The van der Waals surface area contributed by atoms with Crippen molar-refractivity contribution in [2.24, 2.45) is 0 Å². The van der Waals surface area contributed by atoms with Crippen LogP contribution in [0.5, 0.6) is 5.75 Å². The Hall–Kier alpha value is -1.55. The summed E-state index contributed by atoms with van der Waals surface area (Å²) in [6.07, 6.45) is 0.765. The van der Waals surface area contributed by atoms with Gasteiger partial charge in [0.1, 0.15) is 5.75 Å². The van der Waals surface area contributed by atoms with Gasteiger partial charge in [0.2, 0.25) is 5.91 Å². The van der Waals surface area contributed by atoms with Gasteiger partial charge in [-0.15, -0.1) is 0 Å². The van der Waals surface area contributed by atoms with E-state index >= 15 is 0 Å². The molecule has 0 bridgehead atoms. The number of phenolic OH excluding ortho intramolecular Hbond substituents is 1. The number of nitrogens with one attached hydrogen (secondary N) is 2. The van der Waals surface area contributed by atoms with Gasteiger partial charge >= 0.3 is 0 Å². The topological polar surface area (TPSA) is 61.4 Å². The first-order valence-corrected chi connectivity index (χ1v) is 6.16. The Bertz CT molecular complexity index is 380. The highest BCUT2D eigenvalue weighted by molar-refractivity contribution is 5.78. The van der Waals surface area contributed by atoms with Gasteiger partial charge in [-0.2, -0.15) is 0 Å². The SMILES string of the molecule is CC(C)(C)NCC(=O)NCCc1ccc(O)cc1. The van der Waals surface area contributed by atoms with Crippen LogP contribution in [0.25, 0.3) is 0 Å². The number of carbonyl (C=O) groups excluding carboxylic acids is 1. The number of aromatic hydroxyl groups is 1. The number of hydrogen-bond donors (Lipinski definition) is 3. The number of phenols is 1. The second-order valence-electron chi connectivity index (χ2n) is 5.37. The van der Waals surface area contributed by atoms with E-state index in [0.29, 0.717) is 13.1 Å². The van der Waals surface area contributed by atoms with Crippen LogP contribution in [0.15, 0.2) is 24.3 Å². The summed E-state index contributed by atoms with van der Waals surface area (Å²) in [6.45, 7) is 7.01. The van der Waals surface area contributed by atoms with Crippen LogP contribution >= 0.6 is 0 Å². The highest BCUT2D eigenvalue weighted by Gasteiger charge is 2.10. The van der Waals surface area contributed by atoms with Crippen molar-refractivity contribution < 1.29 is 9.90 Å². The summed E-state index contributed by atoms with van der Waals surface area (Å²) in [5.74, 6) is 0.265. The van der Waals surface area contributed by atoms with Gasteiger partial charge in [0.15, 0.2) is 0 Å². The van der Waals surface area contributed by atoms with E-state index in [2.05, 4.69) is 10.6 Å². The smallest absolute Gasteiger partial charge is 0.233 e. The van der Waals surface area contributed by atoms with Gasteiger partial charge in [-0.05, 0) is 44.9 Å². The zero-order chi connectivity index (χ0) is 13.6. The molecule has 0 unspecified atom stereocenters. The van der Waals surface area contributed by atoms with Crippen LogP contribution in [-0.4, -0.2) is 29.6 Å². The van der Waals surface area contributed by atoms with Crippen LogP contribution in [0.1, 0.15) is 26.3 Å². The van der Waals surface area contributed by atoms with Crippen LogP contribution in [0.2, 0.25) is 0 Å². The normalized spacial score (nSPS) is 11.3. The van der Waals surface area contributed by atoms with E-state index in [0.717, 1.165) is 12.0 Å². The Labute approximate surface area is 108 Å². The van der Waals surface area contributed by atoms with Crippen LogP contribution in [-0.2, 0) is 11.2 Å². The average Bonchev–Trinajstić information content (AvgIpc) is 2.28. The lowest BCUT2D eigenvalue weighted by Crippen LogP contribution is -2.43. The molecule has 1 aromatic rings. The van der Waals surface area contributed by atoms with Crippen LogP contribution in [0.4, 0.5) is 0 Å². The molecule has 0 aliphatic carbocycles. The molecule has 3 N–H and O–H groups in total. The van der Waals surface area contributed by atoms with Gasteiger partial charge in [0, 0.05) is 12.1 Å². The second kappa shape index (κ2) is 6.40. The standard InChI is InChI=1S/C14H22N2O2/c1-14(2,3)16-10-13(18)15-9-8-11-4-6-12(17)7-5-11/h4-7,16-17H,8-10H2,1-3H3,(H,15,18). The van der Waals surface area contributed by atoms with Crippen LogP contribution < -0.4 is 10.6 Å². The molecular weight excluding hydrogens is 228 g/mol. The Balaban J connectivity index is 2.21. The number of amides is 1. The molecule has 0 radical (unpaired) electrons. The van der Waals surface area contributed by atoms with Gasteiger partial charge in [0.05, 0.1) is 6.54 Å². The second-order valence-corrected chi connectivity index (χ2v) is 5.37. The maximum absolute atomic E-state index is 11.5. The number of benzene rings is 1. The molecule has 1 amide bonds. The highest BCUT2D eigenvalue weighted by Crippen LogP contribution is 2.09. The summed E-state index contributed by atoms with van der Waals surface area (Å²) >= 11 is 0. The maximum atomic E-state index is 11.5. The first kappa shape index (κ1) is 14.5. The summed E-state index contributed by atoms with van der Waals surface area (Å²) in [7, 11) is 0. The van der Waals surface area contributed by atoms with Gasteiger partial charge in [0.25, 0.3) is 0 Å². The van der Waals surface area contributed by atoms with E-state index < -0.39 is 0 Å². The molecule has 0 spiro atoms. The fraction of sp³-hybridized carbons (Fsp3) is 0.500. The Morgan fingerprint density at radius 1 is 1.22 bits per heavy atom. The van der Waals surface area contributed by atoms with Gasteiger partial charge in [-0.3, -0.25) is 4.79 Å². The predicted molar refractivity (Wildman–Crippen MR) is 72.6 cm³/mol. The molecule has 1 rings (SSSR count). The van der Waals surface area contributed by atoms with Crippen molar-refractivity contribution in [3.8, 4) is 5.75 Å². The van der Waals surface area contributed by atoms with Crippen molar-refractivity contribution in [1.82, 2.24) is 10.6 Å². The molecule has 0 saturated heterocycles. The van der Waals surface area contributed by atoms with E-state index in [4.69, 9.17) is 5.11 Å². The monoisotopic (exact) mass is 250 g/mol. The summed E-state index contributed by atoms with van der Waals surface area (Å²) in [5, 5.41) is 15.1. The van der Waals surface area contributed by atoms with Gasteiger partial charge in [-0.1, -0.05) is 12.1 Å². The molecular formula is C14H22N2O2. The third-order valence-corrected chi connectivity index (χ3v) is 2.45. The molecule has 4 nitrogen and oxygen atoms in total. The van der Waals surface area contributed by atoms with Crippen molar-refractivity contribution in [1.29, 1.82) is 0 Å². The minimum Gasteiger partial charge on any atom is -0.508 e. The van der Waals surface area contributed by atoms with Crippen molar-refractivity contribution in [3.63, 3.8) is 0 Å². The molecule has 0 fully saturated rings. The first-order chi connectivity index (χ1) is 8.37. The fourth-order valence-electron chi connectivity index (χ4n) is 1.42. The number of rotatable bonds is 5.